The van der Waals surface area contributed by atoms with Crippen molar-refractivity contribution in [2.45, 2.75) is 36.8 Å². The van der Waals surface area contributed by atoms with E-state index in [2.05, 4.69) is 15.5 Å². The Morgan fingerprint density at radius 3 is 2.55 bits per heavy atom. The van der Waals surface area contributed by atoms with Crippen molar-refractivity contribution in [1.82, 2.24) is 4.90 Å². The first-order valence-electron chi connectivity index (χ1n) is 12.7. The maximum atomic E-state index is 14.8. The van der Waals surface area contributed by atoms with Gasteiger partial charge < -0.3 is 10.6 Å². The molecule has 4 aliphatic rings. The number of ketones is 1. The van der Waals surface area contributed by atoms with Crippen molar-refractivity contribution < 1.29 is 19.3 Å². The number of carbonyl (C=O) groups excluding carboxylic acids is 3. The molecule has 3 aromatic carbocycles. The molecule has 2 spiro atoms. The van der Waals surface area contributed by atoms with Gasteiger partial charge in [0, 0.05) is 40.7 Å². The summed E-state index contributed by atoms with van der Waals surface area (Å²) in [5, 5.41) is 17.6. The lowest BCUT2D eigenvalue weighted by atomic mass is 9.60. The summed E-state index contributed by atoms with van der Waals surface area (Å²) in [6.45, 7) is 2.47. The normalized spacial score (nSPS) is 28.8. The number of carbonyl (C=O) groups is 3. The topological polar surface area (TPSA) is 122 Å². The average Bonchev–Trinajstić information content (AvgIpc) is 3.63. The number of para-hydroxylation sites is 1. The number of fused-ring (bicyclic) bond motifs is 7. The standard InChI is InChI=1S/C29H24N4O5/c1-16-11-12-22-20(14-16)29(27(36)31-22)25(24(34)17-6-4-7-18(15-17)33(37)38)28(23-10-5-13-32(23)29)19-8-2-3-9-21(19)30-26(28)35/h2-4,6-9,11-12,14-15,23,25H,5,10,13H2,1H3,(H,30,35)(H,31,36)/t23-,25-,28+,29+/m0/s1. The summed E-state index contributed by atoms with van der Waals surface area (Å²) < 4.78 is 0. The van der Waals surface area contributed by atoms with Gasteiger partial charge in [-0.2, -0.15) is 0 Å². The van der Waals surface area contributed by atoms with Crippen LogP contribution in [0, 0.1) is 23.0 Å². The molecule has 0 aliphatic carbocycles. The van der Waals surface area contributed by atoms with Crippen LogP contribution in [0.25, 0.3) is 0 Å². The second-order valence-electron chi connectivity index (χ2n) is 10.6. The molecule has 0 bridgehead atoms. The van der Waals surface area contributed by atoms with Crippen LogP contribution >= 0.6 is 0 Å². The fourth-order valence-corrected chi connectivity index (χ4v) is 7.60. The second-order valence-corrected chi connectivity index (χ2v) is 10.6. The van der Waals surface area contributed by atoms with E-state index in [4.69, 9.17) is 0 Å². The van der Waals surface area contributed by atoms with E-state index in [1.807, 2.05) is 49.4 Å². The Kier molecular flexibility index (Phi) is 4.55. The molecule has 9 heteroatoms. The van der Waals surface area contributed by atoms with Gasteiger partial charge in [0.1, 0.15) is 11.0 Å². The molecule has 2 fully saturated rings. The third-order valence-electron chi connectivity index (χ3n) is 8.88. The lowest BCUT2D eigenvalue weighted by molar-refractivity contribution is -0.384. The Labute approximate surface area is 218 Å². The van der Waals surface area contributed by atoms with Crippen LogP contribution in [0.5, 0.6) is 0 Å². The van der Waals surface area contributed by atoms with Crippen molar-refractivity contribution in [3.8, 4) is 0 Å². The molecule has 38 heavy (non-hydrogen) atoms. The van der Waals surface area contributed by atoms with Crippen molar-refractivity contribution in [3.05, 3.63) is 99.1 Å². The quantitative estimate of drug-likeness (QED) is 0.314. The minimum atomic E-state index is -1.45. The first-order valence-corrected chi connectivity index (χ1v) is 12.7. The molecule has 4 atom stereocenters. The highest BCUT2D eigenvalue weighted by Gasteiger charge is 2.78. The molecular weight excluding hydrogens is 484 g/mol. The number of rotatable bonds is 3. The van der Waals surface area contributed by atoms with Crippen molar-refractivity contribution in [3.63, 3.8) is 0 Å². The van der Waals surface area contributed by atoms with E-state index in [1.54, 1.807) is 0 Å². The number of nitro groups is 1. The minimum absolute atomic E-state index is 0.107. The van der Waals surface area contributed by atoms with Gasteiger partial charge in [-0.3, -0.25) is 29.4 Å². The van der Waals surface area contributed by atoms with Gasteiger partial charge in [-0.1, -0.05) is 48.0 Å². The summed E-state index contributed by atoms with van der Waals surface area (Å²) in [5.41, 5.74) is 0.623. The van der Waals surface area contributed by atoms with Gasteiger partial charge in [0.15, 0.2) is 5.78 Å². The third kappa shape index (κ3) is 2.56. The fraction of sp³-hybridized carbons (Fsp3) is 0.276. The molecule has 0 aromatic heterocycles. The van der Waals surface area contributed by atoms with Crippen LogP contribution < -0.4 is 10.6 Å². The Bertz CT molecular complexity index is 1600. The Hall–Kier alpha value is -4.37. The smallest absolute Gasteiger partial charge is 0.270 e. The molecule has 9 nitrogen and oxygen atoms in total. The number of hydrogen-bond donors (Lipinski definition) is 2. The molecule has 4 aliphatic heterocycles. The number of nitrogens with zero attached hydrogens (tertiary/aromatic N) is 2. The monoisotopic (exact) mass is 508 g/mol. The number of Topliss-reactive ketones (excluding diaryl/α,β-unsaturated/α-hetero) is 1. The lowest BCUT2D eigenvalue weighted by Gasteiger charge is -2.38. The number of aryl methyl sites for hydroxylation is 1. The zero-order valence-corrected chi connectivity index (χ0v) is 20.6. The highest BCUT2D eigenvalue weighted by atomic mass is 16.6. The van der Waals surface area contributed by atoms with Crippen molar-refractivity contribution in [1.29, 1.82) is 0 Å². The number of benzene rings is 3. The molecule has 2 saturated heterocycles. The molecule has 0 radical (unpaired) electrons. The Morgan fingerprint density at radius 2 is 1.74 bits per heavy atom. The first-order chi connectivity index (χ1) is 18.3. The van der Waals surface area contributed by atoms with Crippen LogP contribution in [0.15, 0.2) is 66.7 Å². The van der Waals surface area contributed by atoms with Gasteiger partial charge >= 0.3 is 0 Å². The van der Waals surface area contributed by atoms with Crippen LogP contribution in [-0.4, -0.2) is 40.0 Å². The van der Waals surface area contributed by atoms with Gasteiger partial charge in [0.2, 0.25) is 11.8 Å². The predicted octanol–water partition coefficient (Wildman–Crippen LogP) is 3.92. The summed E-state index contributed by atoms with van der Waals surface area (Å²) in [4.78, 5) is 56.3. The van der Waals surface area contributed by atoms with Crippen LogP contribution in [0.2, 0.25) is 0 Å². The number of nitrogens with one attached hydrogen (secondary N) is 2. The van der Waals surface area contributed by atoms with E-state index in [0.29, 0.717) is 35.5 Å². The van der Waals surface area contributed by atoms with Gasteiger partial charge in [-0.05, 0) is 44.0 Å². The molecule has 4 heterocycles. The van der Waals surface area contributed by atoms with Crippen molar-refractivity contribution in [2.75, 3.05) is 17.2 Å². The highest BCUT2D eigenvalue weighted by Crippen LogP contribution is 2.66. The predicted molar refractivity (Wildman–Crippen MR) is 139 cm³/mol. The summed E-state index contributed by atoms with van der Waals surface area (Å²) in [6.07, 6.45) is 1.41. The zero-order chi connectivity index (χ0) is 26.4. The SMILES string of the molecule is Cc1ccc2c(c1)[C@]1(C(=O)N2)[C@@H](C(=O)c2cccc([N+](=O)[O-])c2)[C@]2(C(=O)Nc3ccccc32)[C@@H]2CCCN21. The molecule has 3 aromatic rings. The molecule has 2 N–H and O–H groups in total. The highest BCUT2D eigenvalue weighted by molar-refractivity contribution is 6.18. The van der Waals surface area contributed by atoms with Crippen molar-refractivity contribution in [2.24, 2.45) is 5.92 Å². The summed E-state index contributed by atoms with van der Waals surface area (Å²) in [6, 6.07) is 18.2. The molecular formula is C29H24N4O5. The van der Waals surface area contributed by atoms with Crippen LogP contribution in [0.1, 0.15) is 39.9 Å². The number of hydrogen-bond acceptors (Lipinski definition) is 6. The van der Waals surface area contributed by atoms with Gasteiger partial charge in [0.05, 0.1) is 10.8 Å². The maximum Gasteiger partial charge on any atom is 0.270 e. The van der Waals surface area contributed by atoms with Gasteiger partial charge in [-0.15, -0.1) is 0 Å². The fourth-order valence-electron chi connectivity index (χ4n) is 7.60. The number of non-ortho nitro benzene ring substituents is 1. The average molecular weight is 509 g/mol. The van der Waals surface area contributed by atoms with Gasteiger partial charge in [0.25, 0.3) is 5.69 Å². The first kappa shape index (κ1) is 22.8. The number of amides is 2. The molecule has 0 saturated carbocycles. The summed E-state index contributed by atoms with van der Waals surface area (Å²) in [5.74, 6) is -2.26. The molecule has 190 valence electrons. The summed E-state index contributed by atoms with van der Waals surface area (Å²) >= 11 is 0. The van der Waals surface area contributed by atoms with Gasteiger partial charge in [-0.25, -0.2) is 0 Å². The molecule has 2 amide bonds. The van der Waals surface area contributed by atoms with Crippen LogP contribution in [0.3, 0.4) is 0 Å². The van der Waals surface area contributed by atoms with Crippen molar-refractivity contribution >= 4 is 34.7 Å². The van der Waals surface area contributed by atoms with E-state index in [1.165, 1.54) is 24.3 Å². The molecule has 7 rings (SSSR count). The number of nitro benzene ring substituents is 1. The second kappa shape index (κ2) is 7.58. The van der Waals surface area contributed by atoms with E-state index in [0.717, 1.165) is 12.0 Å². The maximum absolute atomic E-state index is 14.8. The van der Waals surface area contributed by atoms with Crippen LogP contribution in [-0.2, 0) is 20.5 Å². The van der Waals surface area contributed by atoms with E-state index in [9.17, 15) is 24.5 Å². The van der Waals surface area contributed by atoms with E-state index >= 15 is 0 Å². The molecule has 0 unspecified atom stereocenters. The minimum Gasteiger partial charge on any atom is -0.325 e. The van der Waals surface area contributed by atoms with E-state index in [-0.39, 0.29) is 23.1 Å². The third-order valence-corrected chi connectivity index (χ3v) is 8.88. The zero-order valence-electron chi connectivity index (χ0n) is 20.6. The summed E-state index contributed by atoms with van der Waals surface area (Å²) in [7, 11) is 0. The Morgan fingerprint density at radius 1 is 0.974 bits per heavy atom. The largest absolute Gasteiger partial charge is 0.325 e. The van der Waals surface area contributed by atoms with Crippen LogP contribution in [0.4, 0.5) is 17.1 Å². The lowest BCUT2D eigenvalue weighted by Crippen LogP contribution is -2.55. The van der Waals surface area contributed by atoms with E-state index < -0.39 is 33.6 Å². The number of anilines is 2. The Balaban J connectivity index is 1.58.